The minimum absolute atomic E-state index is 0.102. The van der Waals surface area contributed by atoms with Crippen LogP contribution < -0.4 is 20.3 Å². The van der Waals surface area contributed by atoms with Gasteiger partial charge in [0.2, 0.25) is 5.91 Å². The third kappa shape index (κ3) is 4.80. The van der Waals surface area contributed by atoms with Crippen molar-refractivity contribution in [3.05, 3.63) is 87.7 Å². The number of anilines is 1. The lowest BCUT2D eigenvalue weighted by Crippen LogP contribution is -2.31. The predicted octanol–water partition coefficient (Wildman–Crippen LogP) is 4.42. The molecular formula is C25H25N3O4S. The van der Waals surface area contributed by atoms with Crippen LogP contribution in [-0.4, -0.2) is 29.6 Å². The number of para-hydroxylation sites is 1. The number of H-pyrrole nitrogens is 1. The van der Waals surface area contributed by atoms with Gasteiger partial charge in [0, 0.05) is 23.7 Å². The maximum atomic E-state index is 13.2. The zero-order chi connectivity index (χ0) is 23.4. The number of carbonyl (C=O) groups is 1. The predicted molar refractivity (Wildman–Crippen MR) is 129 cm³/mol. The standard InChI is InChI=1S/C25H25N3O4S/c1-4-12-32-22-17(10-7-11-19(22)31-3)18-13-20(29)26-23-21(18)24(30)28-25(27-23)33-14-16-9-6-5-8-15(16)2/h4-11,18H,1,12-14H2,2-3H3,(H2,26,27,28,29,30)/t18-/m1/s1. The van der Waals surface area contributed by atoms with Gasteiger partial charge in [-0.1, -0.05) is 60.8 Å². The molecule has 1 aromatic heterocycles. The van der Waals surface area contributed by atoms with Crippen LogP contribution in [0.15, 0.2) is 65.1 Å². The lowest BCUT2D eigenvalue weighted by atomic mass is 9.86. The molecule has 1 atom stereocenters. The van der Waals surface area contributed by atoms with E-state index in [9.17, 15) is 9.59 Å². The quantitative estimate of drug-likeness (QED) is 0.292. The van der Waals surface area contributed by atoms with Crippen molar-refractivity contribution in [1.29, 1.82) is 0 Å². The average Bonchev–Trinajstić information content (AvgIpc) is 2.81. The van der Waals surface area contributed by atoms with E-state index in [1.807, 2.05) is 43.3 Å². The van der Waals surface area contributed by atoms with Crippen molar-refractivity contribution >= 4 is 23.5 Å². The Morgan fingerprint density at radius 3 is 2.79 bits per heavy atom. The molecule has 0 saturated carbocycles. The highest BCUT2D eigenvalue weighted by Crippen LogP contribution is 2.42. The fraction of sp³-hybridized carbons (Fsp3) is 0.240. The van der Waals surface area contributed by atoms with E-state index in [1.54, 1.807) is 19.3 Å². The third-order valence-electron chi connectivity index (χ3n) is 5.51. The van der Waals surface area contributed by atoms with Crippen molar-refractivity contribution in [3.8, 4) is 11.5 Å². The Hall–Kier alpha value is -3.52. The fourth-order valence-electron chi connectivity index (χ4n) is 3.87. The van der Waals surface area contributed by atoms with Crippen LogP contribution in [0.25, 0.3) is 0 Å². The molecule has 2 heterocycles. The van der Waals surface area contributed by atoms with Crippen molar-refractivity contribution in [2.45, 2.75) is 30.2 Å². The van der Waals surface area contributed by atoms with Crippen molar-refractivity contribution in [1.82, 2.24) is 9.97 Å². The summed E-state index contributed by atoms with van der Waals surface area (Å²) in [4.78, 5) is 33.2. The summed E-state index contributed by atoms with van der Waals surface area (Å²) in [6, 6.07) is 13.5. The maximum Gasteiger partial charge on any atom is 0.257 e. The molecule has 0 unspecified atom stereocenters. The van der Waals surface area contributed by atoms with Gasteiger partial charge in [0.25, 0.3) is 5.56 Å². The summed E-state index contributed by atoms with van der Waals surface area (Å²) in [5.41, 5.74) is 3.15. The number of ether oxygens (including phenoxy) is 2. The van der Waals surface area contributed by atoms with Crippen LogP contribution >= 0.6 is 11.8 Å². The lowest BCUT2D eigenvalue weighted by Gasteiger charge is -2.26. The summed E-state index contributed by atoms with van der Waals surface area (Å²) in [5, 5.41) is 3.23. The van der Waals surface area contributed by atoms with Gasteiger partial charge in [-0.15, -0.1) is 0 Å². The van der Waals surface area contributed by atoms with Gasteiger partial charge in [-0.2, -0.15) is 0 Å². The zero-order valence-electron chi connectivity index (χ0n) is 18.5. The maximum absolute atomic E-state index is 13.2. The second-order valence-corrected chi connectivity index (χ2v) is 8.60. The number of nitrogens with one attached hydrogen (secondary N) is 2. The number of carbonyl (C=O) groups excluding carboxylic acids is 1. The molecule has 170 valence electrons. The number of aryl methyl sites for hydroxylation is 1. The number of hydrogen-bond donors (Lipinski definition) is 2. The Labute approximate surface area is 196 Å². The molecule has 2 aromatic carbocycles. The zero-order valence-corrected chi connectivity index (χ0v) is 19.3. The Bertz CT molecular complexity index is 1250. The highest BCUT2D eigenvalue weighted by Gasteiger charge is 2.33. The monoisotopic (exact) mass is 463 g/mol. The molecule has 0 radical (unpaired) electrons. The van der Waals surface area contributed by atoms with Gasteiger partial charge in [0.05, 0.1) is 12.7 Å². The van der Waals surface area contributed by atoms with Crippen molar-refractivity contribution < 1.29 is 14.3 Å². The van der Waals surface area contributed by atoms with E-state index in [1.165, 1.54) is 17.3 Å². The van der Waals surface area contributed by atoms with E-state index in [-0.39, 0.29) is 30.3 Å². The number of amides is 1. The Morgan fingerprint density at radius 1 is 1.21 bits per heavy atom. The number of thioether (sulfide) groups is 1. The van der Waals surface area contributed by atoms with Crippen LogP contribution in [0.3, 0.4) is 0 Å². The minimum atomic E-state index is -0.518. The summed E-state index contributed by atoms with van der Waals surface area (Å²) in [7, 11) is 1.55. The van der Waals surface area contributed by atoms with E-state index in [0.29, 0.717) is 33.5 Å². The summed E-state index contributed by atoms with van der Waals surface area (Å²) >= 11 is 1.42. The Morgan fingerprint density at radius 2 is 2.03 bits per heavy atom. The average molecular weight is 464 g/mol. The molecule has 4 rings (SSSR count). The van der Waals surface area contributed by atoms with Gasteiger partial charge in [-0.25, -0.2) is 4.98 Å². The second-order valence-electron chi connectivity index (χ2n) is 7.63. The fourth-order valence-corrected chi connectivity index (χ4v) is 4.80. The molecule has 1 amide bonds. The summed E-state index contributed by atoms with van der Waals surface area (Å²) in [5.74, 6) is 1.22. The molecule has 3 aromatic rings. The normalized spacial score (nSPS) is 14.8. The number of hydrogen-bond acceptors (Lipinski definition) is 6. The third-order valence-corrected chi connectivity index (χ3v) is 6.43. The minimum Gasteiger partial charge on any atom is -0.493 e. The van der Waals surface area contributed by atoms with Gasteiger partial charge in [-0.3, -0.25) is 9.59 Å². The number of rotatable bonds is 8. The van der Waals surface area contributed by atoms with E-state index in [4.69, 9.17) is 9.47 Å². The molecule has 0 aliphatic carbocycles. The molecular weight excluding hydrogens is 438 g/mol. The van der Waals surface area contributed by atoms with Crippen molar-refractivity contribution in [2.75, 3.05) is 19.0 Å². The second kappa shape index (κ2) is 9.95. The summed E-state index contributed by atoms with van der Waals surface area (Å²) in [6.45, 7) is 6.00. The SMILES string of the molecule is C=CCOc1c(OC)cccc1[C@H]1CC(=O)Nc2nc(SCc3ccccc3C)[nH]c(=O)c21. The largest absolute Gasteiger partial charge is 0.493 e. The molecule has 2 N–H and O–H groups in total. The van der Waals surface area contributed by atoms with E-state index < -0.39 is 5.92 Å². The van der Waals surface area contributed by atoms with Crippen molar-refractivity contribution in [2.24, 2.45) is 0 Å². The van der Waals surface area contributed by atoms with Gasteiger partial charge in [0.1, 0.15) is 12.4 Å². The highest BCUT2D eigenvalue weighted by molar-refractivity contribution is 7.98. The molecule has 7 nitrogen and oxygen atoms in total. The van der Waals surface area contributed by atoms with Gasteiger partial charge in [0.15, 0.2) is 16.7 Å². The smallest absolute Gasteiger partial charge is 0.257 e. The number of benzene rings is 2. The van der Waals surface area contributed by atoms with Crippen LogP contribution in [0, 0.1) is 6.92 Å². The summed E-state index contributed by atoms with van der Waals surface area (Å²) < 4.78 is 11.3. The molecule has 0 bridgehead atoms. The highest BCUT2D eigenvalue weighted by atomic mass is 32.2. The molecule has 0 fully saturated rings. The van der Waals surface area contributed by atoms with Crippen LogP contribution in [0.4, 0.5) is 5.82 Å². The first-order chi connectivity index (χ1) is 16.0. The van der Waals surface area contributed by atoms with Gasteiger partial charge < -0.3 is 19.8 Å². The van der Waals surface area contributed by atoms with E-state index in [0.717, 1.165) is 5.56 Å². The van der Waals surface area contributed by atoms with Crippen LogP contribution in [0.1, 0.15) is 34.6 Å². The number of fused-ring (bicyclic) bond motifs is 1. The Balaban J connectivity index is 1.71. The van der Waals surface area contributed by atoms with E-state index in [2.05, 4.69) is 21.9 Å². The van der Waals surface area contributed by atoms with Crippen molar-refractivity contribution in [3.63, 3.8) is 0 Å². The molecule has 0 spiro atoms. The molecule has 1 aliphatic rings. The van der Waals surface area contributed by atoms with Gasteiger partial charge >= 0.3 is 0 Å². The van der Waals surface area contributed by atoms with Crippen LogP contribution in [0.5, 0.6) is 11.5 Å². The molecule has 33 heavy (non-hydrogen) atoms. The number of methoxy groups -OCH3 is 1. The van der Waals surface area contributed by atoms with Crippen LogP contribution in [-0.2, 0) is 10.5 Å². The van der Waals surface area contributed by atoms with Crippen LogP contribution in [0.2, 0.25) is 0 Å². The van der Waals surface area contributed by atoms with Gasteiger partial charge in [-0.05, 0) is 24.1 Å². The molecule has 1 aliphatic heterocycles. The molecule has 8 heteroatoms. The Kier molecular flexibility index (Phi) is 6.84. The first-order valence-electron chi connectivity index (χ1n) is 10.5. The van der Waals surface area contributed by atoms with E-state index >= 15 is 0 Å². The molecule has 0 saturated heterocycles. The summed E-state index contributed by atoms with van der Waals surface area (Å²) in [6.07, 6.45) is 1.73. The number of aromatic amines is 1. The first-order valence-corrected chi connectivity index (χ1v) is 11.5. The first kappa shape index (κ1) is 22.7. The lowest BCUT2D eigenvalue weighted by molar-refractivity contribution is -0.116. The topological polar surface area (TPSA) is 93.3 Å². The number of aromatic nitrogens is 2. The number of nitrogens with zero attached hydrogens (tertiary/aromatic N) is 1.